The third-order valence-corrected chi connectivity index (χ3v) is 5.83. The number of aromatic nitrogens is 3. The number of amides is 1. The van der Waals surface area contributed by atoms with Crippen LogP contribution in [0.15, 0.2) is 59.1 Å². The Labute approximate surface area is 174 Å². The van der Waals surface area contributed by atoms with Crippen LogP contribution < -0.4 is 5.32 Å². The van der Waals surface area contributed by atoms with Gasteiger partial charge in [-0.15, -0.1) is 10.2 Å². The molecule has 2 aromatic heterocycles. The summed E-state index contributed by atoms with van der Waals surface area (Å²) in [6.45, 7) is 0. The van der Waals surface area contributed by atoms with Crippen LogP contribution in [0, 0.1) is 0 Å². The molecule has 0 radical (unpaired) electrons. The Morgan fingerprint density at radius 3 is 2.77 bits per heavy atom. The summed E-state index contributed by atoms with van der Waals surface area (Å²) in [5.74, 6) is 1.15. The quantitative estimate of drug-likeness (QED) is 0.490. The molecule has 1 atom stereocenters. The summed E-state index contributed by atoms with van der Waals surface area (Å²) in [7, 11) is 0. The van der Waals surface area contributed by atoms with Crippen molar-refractivity contribution in [3.63, 3.8) is 0 Å². The van der Waals surface area contributed by atoms with E-state index in [1.807, 2.05) is 24.4 Å². The van der Waals surface area contributed by atoms with E-state index in [0.29, 0.717) is 31.0 Å². The topological polar surface area (TPSA) is 83.8 Å². The molecule has 5 rings (SSSR count). The molecule has 6 nitrogen and oxygen atoms in total. The standard InChI is InChI=1S/C24H24N4O2/c29-22(26-21-11-9-16-5-1-2-6-18(16)21)12-14-24-28-27-23(30-24)13-10-17-15-25-20-8-4-3-7-19(17)20/h1-8,15,21,25H,9-14H2,(H,26,29)/t21-/m1/s1. The number of aryl methyl sites for hydroxylation is 4. The number of benzene rings is 2. The van der Waals surface area contributed by atoms with E-state index < -0.39 is 0 Å². The third-order valence-electron chi connectivity index (χ3n) is 5.83. The lowest BCUT2D eigenvalue weighted by atomic mass is 10.1. The highest BCUT2D eigenvalue weighted by Crippen LogP contribution is 2.30. The third kappa shape index (κ3) is 3.85. The molecule has 1 amide bonds. The first-order valence-electron chi connectivity index (χ1n) is 10.5. The highest BCUT2D eigenvalue weighted by atomic mass is 16.4. The molecule has 0 fully saturated rings. The molecule has 152 valence electrons. The number of nitrogens with zero attached hydrogens (tertiary/aromatic N) is 2. The van der Waals surface area contributed by atoms with E-state index in [1.54, 1.807) is 0 Å². The molecular weight excluding hydrogens is 376 g/mol. The Morgan fingerprint density at radius 1 is 1.03 bits per heavy atom. The summed E-state index contributed by atoms with van der Waals surface area (Å²) < 4.78 is 5.76. The fourth-order valence-electron chi connectivity index (χ4n) is 4.26. The number of fused-ring (bicyclic) bond motifs is 2. The van der Waals surface area contributed by atoms with E-state index in [4.69, 9.17) is 4.42 Å². The summed E-state index contributed by atoms with van der Waals surface area (Å²) in [6, 6.07) is 16.7. The molecule has 1 aliphatic rings. The van der Waals surface area contributed by atoms with E-state index in [1.165, 1.54) is 22.1 Å². The molecule has 2 N–H and O–H groups in total. The average molecular weight is 400 g/mol. The summed E-state index contributed by atoms with van der Waals surface area (Å²) >= 11 is 0. The van der Waals surface area contributed by atoms with Gasteiger partial charge in [0.1, 0.15) is 0 Å². The van der Waals surface area contributed by atoms with Gasteiger partial charge in [-0.25, -0.2) is 0 Å². The summed E-state index contributed by atoms with van der Waals surface area (Å²) in [6.07, 6.45) is 6.33. The van der Waals surface area contributed by atoms with E-state index in [2.05, 4.69) is 50.8 Å². The zero-order valence-electron chi connectivity index (χ0n) is 16.7. The monoisotopic (exact) mass is 400 g/mol. The van der Waals surface area contributed by atoms with Crippen LogP contribution in [0.25, 0.3) is 10.9 Å². The number of carbonyl (C=O) groups is 1. The first kappa shape index (κ1) is 18.6. The highest BCUT2D eigenvalue weighted by molar-refractivity contribution is 5.83. The maximum Gasteiger partial charge on any atom is 0.220 e. The van der Waals surface area contributed by atoms with Crippen molar-refractivity contribution in [2.24, 2.45) is 0 Å². The minimum Gasteiger partial charge on any atom is -0.425 e. The molecule has 4 aromatic rings. The number of nitrogens with one attached hydrogen (secondary N) is 2. The lowest BCUT2D eigenvalue weighted by Gasteiger charge is -2.13. The fraction of sp³-hybridized carbons (Fsp3) is 0.292. The summed E-state index contributed by atoms with van der Waals surface area (Å²) in [4.78, 5) is 15.7. The fourth-order valence-corrected chi connectivity index (χ4v) is 4.26. The van der Waals surface area contributed by atoms with Crippen LogP contribution in [0.4, 0.5) is 0 Å². The van der Waals surface area contributed by atoms with Gasteiger partial charge in [-0.05, 0) is 42.0 Å². The van der Waals surface area contributed by atoms with Crippen molar-refractivity contribution in [2.45, 2.75) is 44.6 Å². The minimum atomic E-state index is 0.0234. The van der Waals surface area contributed by atoms with Crippen molar-refractivity contribution in [3.8, 4) is 0 Å². The van der Waals surface area contributed by atoms with Crippen LogP contribution in [0.5, 0.6) is 0 Å². The second kappa shape index (κ2) is 8.14. The number of aromatic amines is 1. The number of carbonyl (C=O) groups excluding carboxylic acids is 1. The minimum absolute atomic E-state index is 0.0234. The number of hydrogen-bond acceptors (Lipinski definition) is 4. The van der Waals surface area contributed by atoms with Crippen LogP contribution in [-0.2, 0) is 30.5 Å². The Kier molecular flexibility index (Phi) is 5.05. The SMILES string of the molecule is O=C(CCc1nnc(CCc2c[nH]c3ccccc23)o1)N[C@@H]1CCc2ccccc21. The summed E-state index contributed by atoms with van der Waals surface area (Å²) in [5, 5.41) is 12.6. The van der Waals surface area contributed by atoms with Crippen molar-refractivity contribution in [2.75, 3.05) is 0 Å². The van der Waals surface area contributed by atoms with Gasteiger partial charge in [0.25, 0.3) is 0 Å². The van der Waals surface area contributed by atoms with Gasteiger partial charge in [0, 0.05) is 36.4 Å². The molecule has 0 aliphatic heterocycles. The zero-order valence-corrected chi connectivity index (χ0v) is 16.7. The molecule has 0 unspecified atom stereocenters. The number of hydrogen-bond donors (Lipinski definition) is 2. The van der Waals surface area contributed by atoms with Gasteiger partial charge in [-0.2, -0.15) is 0 Å². The maximum absolute atomic E-state index is 12.4. The van der Waals surface area contributed by atoms with Crippen LogP contribution in [0.1, 0.15) is 47.4 Å². The molecule has 2 aromatic carbocycles. The van der Waals surface area contributed by atoms with Crippen LogP contribution in [-0.4, -0.2) is 21.1 Å². The Morgan fingerprint density at radius 2 is 1.83 bits per heavy atom. The average Bonchev–Trinajstić information content (AvgIpc) is 3.50. The normalized spacial score (nSPS) is 15.4. The van der Waals surface area contributed by atoms with Gasteiger partial charge in [0.15, 0.2) is 0 Å². The van der Waals surface area contributed by atoms with Gasteiger partial charge in [-0.3, -0.25) is 4.79 Å². The van der Waals surface area contributed by atoms with E-state index >= 15 is 0 Å². The van der Waals surface area contributed by atoms with Gasteiger partial charge in [0.05, 0.1) is 6.04 Å². The molecule has 0 spiro atoms. The lowest BCUT2D eigenvalue weighted by molar-refractivity contribution is -0.121. The van der Waals surface area contributed by atoms with Gasteiger partial charge in [-0.1, -0.05) is 42.5 Å². The Bertz CT molecular complexity index is 1180. The molecule has 0 bridgehead atoms. The molecule has 0 saturated carbocycles. The van der Waals surface area contributed by atoms with Crippen LogP contribution >= 0.6 is 0 Å². The second-order valence-corrected chi connectivity index (χ2v) is 7.81. The van der Waals surface area contributed by atoms with Crippen molar-refractivity contribution in [1.29, 1.82) is 0 Å². The number of para-hydroxylation sites is 1. The van der Waals surface area contributed by atoms with Crippen molar-refractivity contribution in [3.05, 3.63) is 83.2 Å². The van der Waals surface area contributed by atoms with Crippen molar-refractivity contribution in [1.82, 2.24) is 20.5 Å². The smallest absolute Gasteiger partial charge is 0.220 e. The number of rotatable bonds is 7. The van der Waals surface area contributed by atoms with Crippen LogP contribution in [0.2, 0.25) is 0 Å². The predicted molar refractivity (Wildman–Crippen MR) is 114 cm³/mol. The van der Waals surface area contributed by atoms with Gasteiger partial charge < -0.3 is 14.7 Å². The van der Waals surface area contributed by atoms with Crippen molar-refractivity contribution >= 4 is 16.8 Å². The molecular formula is C24H24N4O2. The molecule has 2 heterocycles. The highest BCUT2D eigenvalue weighted by Gasteiger charge is 2.23. The van der Waals surface area contributed by atoms with E-state index in [9.17, 15) is 4.79 Å². The molecule has 30 heavy (non-hydrogen) atoms. The second-order valence-electron chi connectivity index (χ2n) is 7.81. The maximum atomic E-state index is 12.4. The lowest BCUT2D eigenvalue weighted by Crippen LogP contribution is -2.27. The molecule has 0 saturated heterocycles. The largest absolute Gasteiger partial charge is 0.425 e. The molecule has 1 aliphatic carbocycles. The van der Waals surface area contributed by atoms with E-state index in [0.717, 1.165) is 24.8 Å². The summed E-state index contributed by atoms with van der Waals surface area (Å²) in [5.41, 5.74) is 4.94. The van der Waals surface area contributed by atoms with Crippen molar-refractivity contribution < 1.29 is 9.21 Å². The van der Waals surface area contributed by atoms with Crippen LogP contribution in [0.3, 0.4) is 0 Å². The van der Waals surface area contributed by atoms with Gasteiger partial charge in [0.2, 0.25) is 17.7 Å². The zero-order chi connectivity index (χ0) is 20.3. The Balaban J connectivity index is 1.12. The first-order valence-corrected chi connectivity index (χ1v) is 10.5. The van der Waals surface area contributed by atoms with Gasteiger partial charge >= 0.3 is 0 Å². The first-order chi connectivity index (χ1) is 14.8. The predicted octanol–water partition coefficient (Wildman–Crippen LogP) is 4.07. The number of H-pyrrole nitrogens is 1. The van der Waals surface area contributed by atoms with E-state index in [-0.39, 0.29) is 11.9 Å². The Hall–Kier alpha value is -3.41. The molecule has 6 heteroatoms.